The molecule has 2 aliphatic rings. The van der Waals surface area contributed by atoms with Gasteiger partial charge in [-0.2, -0.15) is 0 Å². The Morgan fingerprint density at radius 2 is 1.62 bits per heavy atom. The molecule has 0 radical (unpaired) electrons. The van der Waals surface area contributed by atoms with Crippen LogP contribution in [0.3, 0.4) is 0 Å². The molecular formula is C18H26N2O. The lowest BCUT2D eigenvalue weighted by atomic mass is 10.0. The highest BCUT2D eigenvalue weighted by molar-refractivity contribution is 5.83. The number of hydrogen-bond acceptors (Lipinski definition) is 2. The Morgan fingerprint density at radius 1 is 1.10 bits per heavy atom. The van der Waals surface area contributed by atoms with Gasteiger partial charge in [-0.1, -0.05) is 29.8 Å². The number of hydrogen-bond donors (Lipinski definition) is 1. The van der Waals surface area contributed by atoms with Gasteiger partial charge >= 0.3 is 0 Å². The lowest BCUT2D eigenvalue weighted by Crippen LogP contribution is -2.44. The number of nitrogens with zero attached hydrogens (tertiary/aromatic N) is 1. The molecular weight excluding hydrogens is 260 g/mol. The lowest BCUT2D eigenvalue weighted by Gasteiger charge is -2.27. The molecule has 1 aromatic rings. The molecule has 0 spiro atoms. The first-order chi connectivity index (χ1) is 10.1. The minimum Gasteiger partial charge on any atom is -0.351 e. The Labute approximate surface area is 127 Å². The number of rotatable bonds is 6. The molecule has 1 N–H and O–H groups in total. The van der Waals surface area contributed by atoms with Crippen LogP contribution in [-0.2, 0) is 4.79 Å². The smallest absolute Gasteiger partial charge is 0.242 e. The molecule has 0 heterocycles. The second-order valence-corrected chi connectivity index (χ2v) is 6.99. The average Bonchev–Trinajstić information content (AvgIpc) is 3.31. The van der Waals surface area contributed by atoms with Crippen molar-refractivity contribution in [3.8, 4) is 0 Å². The summed E-state index contributed by atoms with van der Waals surface area (Å²) in [4.78, 5) is 14.8. The van der Waals surface area contributed by atoms with E-state index in [1.165, 1.54) is 31.2 Å². The van der Waals surface area contributed by atoms with Gasteiger partial charge in [-0.15, -0.1) is 0 Å². The van der Waals surface area contributed by atoms with Crippen molar-refractivity contribution < 1.29 is 4.79 Å². The van der Waals surface area contributed by atoms with Crippen molar-refractivity contribution in [3.63, 3.8) is 0 Å². The summed E-state index contributed by atoms with van der Waals surface area (Å²) in [7, 11) is 3.96. The van der Waals surface area contributed by atoms with Crippen molar-refractivity contribution >= 4 is 5.91 Å². The number of amides is 1. The molecule has 2 saturated carbocycles. The van der Waals surface area contributed by atoms with Crippen LogP contribution in [0.25, 0.3) is 0 Å². The Morgan fingerprint density at radius 3 is 2.05 bits per heavy atom. The van der Waals surface area contributed by atoms with E-state index in [2.05, 4.69) is 36.5 Å². The van der Waals surface area contributed by atoms with Crippen LogP contribution in [0, 0.1) is 18.8 Å². The Hall–Kier alpha value is -1.35. The van der Waals surface area contributed by atoms with Gasteiger partial charge in [0.1, 0.15) is 6.04 Å². The highest BCUT2D eigenvalue weighted by atomic mass is 16.2. The molecule has 0 bridgehead atoms. The largest absolute Gasteiger partial charge is 0.351 e. The maximum Gasteiger partial charge on any atom is 0.242 e. The molecule has 2 fully saturated rings. The minimum atomic E-state index is -0.189. The molecule has 21 heavy (non-hydrogen) atoms. The van der Waals surface area contributed by atoms with Crippen molar-refractivity contribution in [2.45, 2.75) is 44.7 Å². The second-order valence-electron chi connectivity index (χ2n) is 6.99. The van der Waals surface area contributed by atoms with E-state index < -0.39 is 0 Å². The first kappa shape index (κ1) is 14.6. The van der Waals surface area contributed by atoms with E-state index in [-0.39, 0.29) is 11.9 Å². The minimum absolute atomic E-state index is 0.160. The van der Waals surface area contributed by atoms with Crippen molar-refractivity contribution in [1.29, 1.82) is 0 Å². The maximum atomic E-state index is 12.8. The van der Waals surface area contributed by atoms with Gasteiger partial charge in [0.25, 0.3) is 0 Å². The van der Waals surface area contributed by atoms with Gasteiger partial charge in [-0.25, -0.2) is 0 Å². The Bertz CT molecular complexity index is 488. The van der Waals surface area contributed by atoms with Gasteiger partial charge < -0.3 is 5.32 Å². The third-order valence-electron chi connectivity index (χ3n) is 4.73. The van der Waals surface area contributed by atoms with E-state index in [1.807, 2.05) is 19.0 Å². The third-order valence-corrected chi connectivity index (χ3v) is 4.73. The predicted octanol–water partition coefficient (Wildman–Crippen LogP) is 2.90. The number of likely N-dealkylation sites (N-methyl/N-ethyl adjacent to an activating group) is 1. The van der Waals surface area contributed by atoms with Gasteiger partial charge in [-0.05, 0) is 64.1 Å². The topological polar surface area (TPSA) is 32.3 Å². The summed E-state index contributed by atoms with van der Waals surface area (Å²) >= 11 is 0. The number of benzene rings is 1. The van der Waals surface area contributed by atoms with Crippen LogP contribution in [0.2, 0.25) is 0 Å². The molecule has 0 saturated heterocycles. The first-order valence-corrected chi connectivity index (χ1v) is 8.09. The summed E-state index contributed by atoms with van der Waals surface area (Å²) in [6.07, 6.45) is 5.16. The highest BCUT2D eigenvalue weighted by Crippen LogP contribution is 2.44. The summed E-state index contributed by atoms with van der Waals surface area (Å²) in [5.41, 5.74) is 2.30. The van der Waals surface area contributed by atoms with E-state index in [4.69, 9.17) is 0 Å². The molecule has 1 amide bonds. The molecule has 3 heteroatoms. The van der Waals surface area contributed by atoms with E-state index in [9.17, 15) is 4.79 Å². The van der Waals surface area contributed by atoms with Crippen LogP contribution in [0.1, 0.15) is 42.9 Å². The van der Waals surface area contributed by atoms with Crippen molar-refractivity contribution in [3.05, 3.63) is 35.4 Å². The highest BCUT2D eigenvalue weighted by Gasteiger charge is 2.43. The number of aryl methyl sites for hydroxylation is 1. The summed E-state index contributed by atoms with van der Waals surface area (Å²) in [6.45, 7) is 2.07. The fourth-order valence-electron chi connectivity index (χ4n) is 3.21. The zero-order valence-corrected chi connectivity index (χ0v) is 13.3. The second kappa shape index (κ2) is 5.80. The quantitative estimate of drug-likeness (QED) is 0.872. The van der Waals surface area contributed by atoms with Crippen molar-refractivity contribution in [2.75, 3.05) is 14.1 Å². The number of carbonyl (C=O) groups excluding carboxylic acids is 1. The van der Waals surface area contributed by atoms with Crippen LogP contribution in [-0.4, -0.2) is 30.9 Å². The van der Waals surface area contributed by atoms with Crippen LogP contribution < -0.4 is 5.32 Å². The molecule has 0 unspecified atom stereocenters. The molecule has 1 aromatic carbocycles. The average molecular weight is 286 g/mol. The van der Waals surface area contributed by atoms with E-state index in [1.54, 1.807) is 0 Å². The Kier molecular flexibility index (Phi) is 4.03. The van der Waals surface area contributed by atoms with Crippen LogP contribution in [0.4, 0.5) is 0 Å². The zero-order chi connectivity index (χ0) is 15.0. The molecule has 2 aliphatic carbocycles. The summed E-state index contributed by atoms with van der Waals surface area (Å²) in [5.74, 6) is 1.64. The SMILES string of the molecule is Cc1ccc([C@@H](C(=O)NC(C2CC2)C2CC2)N(C)C)cc1. The predicted molar refractivity (Wildman–Crippen MR) is 85.0 cm³/mol. The maximum absolute atomic E-state index is 12.8. The standard InChI is InChI=1S/C18H26N2O/c1-12-4-6-15(7-5-12)17(20(2)3)18(21)19-16(13-8-9-13)14-10-11-14/h4-7,13-14,16-17H,8-11H2,1-3H3,(H,19,21)/t17-/m0/s1. The van der Waals surface area contributed by atoms with Crippen LogP contribution >= 0.6 is 0 Å². The molecule has 0 aliphatic heterocycles. The zero-order valence-electron chi connectivity index (χ0n) is 13.3. The molecule has 3 rings (SSSR count). The summed E-state index contributed by atoms with van der Waals surface area (Å²) in [6, 6.07) is 8.54. The summed E-state index contributed by atoms with van der Waals surface area (Å²) in [5, 5.41) is 3.35. The molecule has 0 aromatic heterocycles. The Balaban J connectivity index is 1.73. The first-order valence-electron chi connectivity index (χ1n) is 8.09. The third kappa shape index (κ3) is 3.46. The summed E-state index contributed by atoms with van der Waals surface area (Å²) < 4.78 is 0. The van der Waals surface area contributed by atoms with Gasteiger partial charge in [0.2, 0.25) is 5.91 Å². The van der Waals surface area contributed by atoms with Gasteiger partial charge in [0.15, 0.2) is 0 Å². The number of nitrogens with one attached hydrogen (secondary N) is 1. The monoisotopic (exact) mass is 286 g/mol. The van der Waals surface area contributed by atoms with Gasteiger partial charge in [0, 0.05) is 6.04 Å². The fourth-order valence-corrected chi connectivity index (χ4v) is 3.21. The lowest BCUT2D eigenvalue weighted by molar-refractivity contribution is -0.126. The van der Waals surface area contributed by atoms with E-state index in [0.29, 0.717) is 6.04 Å². The van der Waals surface area contributed by atoms with Gasteiger partial charge in [-0.3, -0.25) is 9.69 Å². The van der Waals surface area contributed by atoms with Crippen molar-refractivity contribution in [1.82, 2.24) is 10.2 Å². The van der Waals surface area contributed by atoms with Crippen LogP contribution in [0.5, 0.6) is 0 Å². The molecule has 114 valence electrons. The van der Waals surface area contributed by atoms with Crippen molar-refractivity contribution in [2.24, 2.45) is 11.8 Å². The number of carbonyl (C=O) groups is 1. The molecule has 3 nitrogen and oxygen atoms in total. The van der Waals surface area contributed by atoms with E-state index >= 15 is 0 Å². The normalized spacial score (nSPS) is 19.9. The molecule has 1 atom stereocenters. The fraction of sp³-hybridized carbons (Fsp3) is 0.611. The van der Waals surface area contributed by atoms with Crippen LogP contribution in [0.15, 0.2) is 24.3 Å². The van der Waals surface area contributed by atoms with E-state index in [0.717, 1.165) is 17.4 Å². The van der Waals surface area contributed by atoms with Gasteiger partial charge in [0.05, 0.1) is 0 Å².